The van der Waals surface area contributed by atoms with Crippen LogP contribution in [0.4, 0.5) is 4.79 Å². The molecular formula is C15H22N2O4. The molecule has 0 aliphatic carbocycles. The molecule has 0 fully saturated rings. The van der Waals surface area contributed by atoms with E-state index in [1.54, 1.807) is 43.3 Å². The van der Waals surface area contributed by atoms with E-state index in [0.717, 1.165) is 12.0 Å². The maximum Gasteiger partial charge on any atom is 0.335 e. The first kappa shape index (κ1) is 17.0. The first-order valence-electron chi connectivity index (χ1n) is 6.84. The second kappa shape index (κ2) is 8.97. The Morgan fingerprint density at radius 3 is 2.52 bits per heavy atom. The lowest BCUT2D eigenvalue weighted by atomic mass is 10.1. The van der Waals surface area contributed by atoms with Gasteiger partial charge in [0.15, 0.2) is 0 Å². The van der Waals surface area contributed by atoms with Crippen molar-refractivity contribution in [3.8, 4) is 0 Å². The second-order valence-corrected chi connectivity index (χ2v) is 4.75. The molecule has 1 aromatic carbocycles. The molecule has 2 N–H and O–H groups in total. The molecule has 116 valence electrons. The zero-order chi connectivity index (χ0) is 15.7. The molecule has 2 amide bonds. The van der Waals surface area contributed by atoms with Crippen LogP contribution >= 0.6 is 0 Å². The van der Waals surface area contributed by atoms with Crippen molar-refractivity contribution in [2.75, 3.05) is 33.9 Å². The maximum absolute atomic E-state index is 11.8. The number of carboxylic acids is 1. The summed E-state index contributed by atoms with van der Waals surface area (Å²) in [6.07, 6.45) is 1.47. The lowest BCUT2D eigenvalue weighted by Gasteiger charge is -2.17. The number of aromatic carboxylic acids is 1. The van der Waals surface area contributed by atoms with Gasteiger partial charge < -0.3 is 20.1 Å². The van der Waals surface area contributed by atoms with E-state index in [1.165, 1.54) is 0 Å². The standard InChI is InChI=1S/C15H22N2O4/c1-17(10-3-11-21-2)15(20)16-9-8-12-4-6-13(7-5-12)14(18)19/h4-7H,3,8-11H2,1-2H3,(H,16,20)(H,18,19). The van der Waals surface area contributed by atoms with Gasteiger partial charge in [0, 0.05) is 33.9 Å². The number of hydrogen-bond acceptors (Lipinski definition) is 3. The predicted octanol–water partition coefficient (Wildman–Crippen LogP) is 1.61. The van der Waals surface area contributed by atoms with Gasteiger partial charge in [-0.15, -0.1) is 0 Å². The minimum atomic E-state index is -0.937. The van der Waals surface area contributed by atoms with Gasteiger partial charge in [-0.2, -0.15) is 0 Å². The molecule has 1 rings (SSSR count). The highest BCUT2D eigenvalue weighted by atomic mass is 16.5. The first-order valence-corrected chi connectivity index (χ1v) is 6.84. The highest BCUT2D eigenvalue weighted by molar-refractivity contribution is 5.87. The zero-order valence-electron chi connectivity index (χ0n) is 12.5. The number of nitrogens with zero attached hydrogens (tertiary/aromatic N) is 1. The van der Waals surface area contributed by atoms with E-state index in [-0.39, 0.29) is 11.6 Å². The summed E-state index contributed by atoms with van der Waals surface area (Å²) in [6.45, 7) is 1.79. The van der Waals surface area contributed by atoms with Gasteiger partial charge >= 0.3 is 12.0 Å². The molecule has 0 atom stereocenters. The number of benzene rings is 1. The zero-order valence-corrected chi connectivity index (χ0v) is 12.5. The summed E-state index contributed by atoms with van der Waals surface area (Å²) in [5.41, 5.74) is 1.25. The third-order valence-corrected chi connectivity index (χ3v) is 3.08. The highest BCUT2D eigenvalue weighted by Crippen LogP contribution is 2.04. The van der Waals surface area contributed by atoms with Crippen LogP contribution in [0, 0.1) is 0 Å². The number of hydrogen-bond donors (Lipinski definition) is 2. The van der Waals surface area contributed by atoms with Crippen LogP contribution in [0.15, 0.2) is 24.3 Å². The molecule has 0 bridgehead atoms. The number of methoxy groups -OCH3 is 1. The maximum atomic E-state index is 11.8. The number of nitrogens with one attached hydrogen (secondary N) is 1. The van der Waals surface area contributed by atoms with Gasteiger partial charge in [0.1, 0.15) is 0 Å². The van der Waals surface area contributed by atoms with Crippen molar-refractivity contribution in [2.24, 2.45) is 0 Å². The van der Waals surface area contributed by atoms with Gasteiger partial charge in [0.25, 0.3) is 0 Å². The Balaban J connectivity index is 2.29. The molecule has 6 heteroatoms. The molecule has 0 spiro atoms. The van der Waals surface area contributed by atoms with Crippen LogP contribution < -0.4 is 5.32 Å². The summed E-state index contributed by atoms with van der Waals surface area (Å²) in [6, 6.07) is 6.54. The van der Waals surface area contributed by atoms with Crippen LogP contribution in [0.3, 0.4) is 0 Å². The van der Waals surface area contributed by atoms with Crippen LogP contribution in [0.1, 0.15) is 22.3 Å². The molecule has 1 aromatic rings. The van der Waals surface area contributed by atoms with Gasteiger partial charge in [0.2, 0.25) is 0 Å². The smallest absolute Gasteiger partial charge is 0.335 e. The Bertz CT molecular complexity index is 459. The summed E-state index contributed by atoms with van der Waals surface area (Å²) in [5, 5.41) is 11.6. The lowest BCUT2D eigenvalue weighted by Crippen LogP contribution is -2.38. The fourth-order valence-electron chi connectivity index (χ4n) is 1.81. The van der Waals surface area contributed by atoms with Crippen molar-refractivity contribution in [3.63, 3.8) is 0 Å². The quantitative estimate of drug-likeness (QED) is 0.714. The molecule has 0 radical (unpaired) electrons. The summed E-state index contributed by atoms with van der Waals surface area (Å²) in [7, 11) is 3.38. The molecule has 21 heavy (non-hydrogen) atoms. The molecule has 0 saturated heterocycles. The van der Waals surface area contributed by atoms with Crippen molar-refractivity contribution < 1.29 is 19.4 Å². The first-order chi connectivity index (χ1) is 10.0. The van der Waals surface area contributed by atoms with Gasteiger partial charge in [-0.3, -0.25) is 0 Å². The van der Waals surface area contributed by atoms with Crippen molar-refractivity contribution >= 4 is 12.0 Å². The van der Waals surface area contributed by atoms with Crippen molar-refractivity contribution in [1.82, 2.24) is 10.2 Å². The normalized spacial score (nSPS) is 10.2. The van der Waals surface area contributed by atoms with Crippen molar-refractivity contribution in [1.29, 1.82) is 0 Å². The van der Waals surface area contributed by atoms with Crippen molar-refractivity contribution in [3.05, 3.63) is 35.4 Å². The van der Waals surface area contributed by atoms with Crippen LogP contribution in [0.2, 0.25) is 0 Å². The Kier molecular flexibility index (Phi) is 7.25. The lowest BCUT2D eigenvalue weighted by molar-refractivity contribution is 0.0697. The Morgan fingerprint density at radius 1 is 1.29 bits per heavy atom. The number of urea groups is 1. The molecule has 0 aromatic heterocycles. The predicted molar refractivity (Wildman–Crippen MR) is 79.6 cm³/mol. The van der Waals surface area contributed by atoms with Gasteiger partial charge in [0.05, 0.1) is 5.56 Å². The van der Waals surface area contributed by atoms with Crippen LogP contribution in [-0.4, -0.2) is 55.9 Å². The topological polar surface area (TPSA) is 78.9 Å². The fraction of sp³-hybridized carbons (Fsp3) is 0.467. The summed E-state index contributed by atoms with van der Waals surface area (Å²) >= 11 is 0. The summed E-state index contributed by atoms with van der Waals surface area (Å²) in [4.78, 5) is 24.1. The number of carbonyl (C=O) groups is 2. The molecule has 0 saturated carbocycles. The Labute approximate surface area is 124 Å². The van der Waals surface area contributed by atoms with E-state index < -0.39 is 5.97 Å². The second-order valence-electron chi connectivity index (χ2n) is 4.75. The Morgan fingerprint density at radius 2 is 1.95 bits per heavy atom. The molecule has 0 aliphatic heterocycles. The molecule has 0 heterocycles. The van der Waals surface area contributed by atoms with E-state index in [4.69, 9.17) is 9.84 Å². The fourth-order valence-corrected chi connectivity index (χ4v) is 1.81. The third kappa shape index (κ3) is 6.27. The number of carboxylic acid groups (broad SMARTS) is 1. The SMILES string of the molecule is COCCCN(C)C(=O)NCCc1ccc(C(=O)O)cc1. The highest BCUT2D eigenvalue weighted by Gasteiger charge is 2.07. The number of ether oxygens (including phenoxy) is 1. The van der Waals surface area contributed by atoms with Gasteiger partial charge in [-0.1, -0.05) is 12.1 Å². The third-order valence-electron chi connectivity index (χ3n) is 3.08. The average molecular weight is 294 g/mol. The van der Waals surface area contributed by atoms with Crippen LogP contribution in [0.5, 0.6) is 0 Å². The van der Waals surface area contributed by atoms with E-state index in [9.17, 15) is 9.59 Å². The van der Waals surface area contributed by atoms with Crippen molar-refractivity contribution in [2.45, 2.75) is 12.8 Å². The Hall–Kier alpha value is -2.08. The van der Waals surface area contributed by atoms with Gasteiger partial charge in [-0.05, 0) is 30.5 Å². The van der Waals surface area contributed by atoms with E-state index in [2.05, 4.69) is 5.32 Å². The molecule has 6 nitrogen and oxygen atoms in total. The number of rotatable bonds is 8. The monoisotopic (exact) mass is 294 g/mol. The largest absolute Gasteiger partial charge is 0.478 e. The molecule has 0 aliphatic rings. The number of amides is 2. The minimum absolute atomic E-state index is 0.117. The van der Waals surface area contributed by atoms with Gasteiger partial charge in [-0.25, -0.2) is 9.59 Å². The summed E-state index contributed by atoms with van der Waals surface area (Å²) < 4.78 is 4.94. The molecular weight excluding hydrogens is 272 g/mol. The van der Waals surface area contributed by atoms with Crippen LogP contribution in [-0.2, 0) is 11.2 Å². The van der Waals surface area contributed by atoms with Crippen LogP contribution in [0.25, 0.3) is 0 Å². The van der Waals surface area contributed by atoms with E-state index in [1.807, 2.05) is 0 Å². The molecule has 0 unspecified atom stereocenters. The average Bonchev–Trinajstić information content (AvgIpc) is 2.47. The summed E-state index contributed by atoms with van der Waals surface area (Å²) in [5.74, 6) is -0.937. The van der Waals surface area contributed by atoms with E-state index in [0.29, 0.717) is 26.1 Å². The minimum Gasteiger partial charge on any atom is -0.478 e. The van der Waals surface area contributed by atoms with E-state index >= 15 is 0 Å². The number of carbonyl (C=O) groups excluding carboxylic acids is 1.